The third kappa shape index (κ3) is 3.18. The van der Waals surface area contributed by atoms with Crippen molar-refractivity contribution in [1.82, 2.24) is 5.32 Å². The van der Waals surface area contributed by atoms with Gasteiger partial charge in [-0.15, -0.1) is 0 Å². The van der Waals surface area contributed by atoms with Crippen LogP contribution in [0.2, 0.25) is 0 Å². The quantitative estimate of drug-likeness (QED) is 0.745. The van der Waals surface area contributed by atoms with Gasteiger partial charge in [-0.3, -0.25) is 0 Å². The fourth-order valence-corrected chi connectivity index (χ4v) is 4.35. The number of hydrogen-bond acceptors (Lipinski definition) is 1. The summed E-state index contributed by atoms with van der Waals surface area (Å²) >= 11 is 0. The maximum Gasteiger partial charge on any atom is 0.0374 e. The molecule has 1 heteroatoms. The molecule has 1 nitrogen and oxygen atoms in total. The van der Waals surface area contributed by atoms with Crippen LogP contribution in [0.25, 0.3) is 0 Å². The lowest BCUT2D eigenvalue weighted by molar-refractivity contribution is 0.146. The summed E-state index contributed by atoms with van der Waals surface area (Å²) in [6, 6.07) is 10.0. The molecule has 1 atom stereocenters. The van der Waals surface area contributed by atoms with Crippen LogP contribution in [0, 0.1) is 5.41 Å². The predicted octanol–water partition coefficient (Wildman–Crippen LogP) is 5.58. The van der Waals surface area contributed by atoms with Gasteiger partial charge >= 0.3 is 0 Å². The smallest absolute Gasteiger partial charge is 0.0374 e. The van der Waals surface area contributed by atoms with Crippen LogP contribution in [0.1, 0.15) is 88.3 Å². The van der Waals surface area contributed by atoms with Crippen molar-refractivity contribution in [2.45, 2.75) is 77.2 Å². The van der Waals surface area contributed by atoms with Crippen LogP contribution >= 0.6 is 0 Å². The van der Waals surface area contributed by atoms with Crippen LogP contribution in [0.3, 0.4) is 0 Å². The molecule has 0 spiro atoms. The van der Waals surface area contributed by atoms with Gasteiger partial charge in [0.25, 0.3) is 0 Å². The highest BCUT2D eigenvalue weighted by Gasteiger charge is 2.36. The normalized spacial score (nSPS) is 23.5. The number of nitrogens with one attached hydrogen (secondary N) is 1. The molecular formula is C20H31N. The lowest BCUT2D eigenvalue weighted by Crippen LogP contribution is -2.37. The summed E-state index contributed by atoms with van der Waals surface area (Å²) < 4.78 is 0. The molecule has 0 bridgehead atoms. The lowest BCUT2D eigenvalue weighted by atomic mass is 9.68. The summed E-state index contributed by atoms with van der Waals surface area (Å²) in [5, 5.41) is 3.81. The first-order valence-electron chi connectivity index (χ1n) is 9.06. The zero-order chi connectivity index (χ0) is 14.7. The Morgan fingerprint density at radius 1 is 1.14 bits per heavy atom. The van der Waals surface area contributed by atoms with Gasteiger partial charge < -0.3 is 5.32 Å². The summed E-state index contributed by atoms with van der Waals surface area (Å²) in [6.07, 6.45) is 11.2. The molecule has 2 saturated carbocycles. The van der Waals surface area contributed by atoms with E-state index < -0.39 is 0 Å². The second kappa shape index (κ2) is 6.52. The maximum atomic E-state index is 3.81. The molecule has 0 aliphatic heterocycles. The molecule has 2 aliphatic carbocycles. The van der Waals surface area contributed by atoms with Crippen LogP contribution in [0.15, 0.2) is 24.3 Å². The summed E-state index contributed by atoms with van der Waals surface area (Å²) in [6.45, 7) is 5.82. The van der Waals surface area contributed by atoms with E-state index in [1.165, 1.54) is 56.9 Å². The molecule has 1 N–H and O–H groups in total. The lowest BCUT2D eigenvalue weighted by Gasteiger charge is -2.42. The van der Waals surface area contributed by atoms with Gasteiger partial charge in [0.05, 0.1) is 0 Å². The third-order valence-corrected chi connectivity index (χ3v) is 5.92. The summed E-state index contributed by atoms with van der Waals surface area (Å²) in [7, 11) is 0. The molecule has 1 aromatic rings. The number of rotatable bonds is 5. The molecule has 0 heterocycles. The monoisotopic (exact) mass is 285 g/mol. The van der Waals surface area contributed by atoms with Crippen molar-refractivity contribution in [3.05, 3.63) is 35.4 Å². The Balaban J connectivity index is 1.85. The minimum absolute atomic E-state index is 0.437. The van der Waals surface area contributed by atoms with Gasteiger partial charge in [-0.05, 0) is 54.7 Å². The van der Waals surface area contributed by atoms with Gasteiger partial charge in [0.15, 0.2) is 0 Å². The summed E-state index contributed by atoms with van der Waals surface area (Å²) in [5.41, 5.74) is 3.55. The zero-order valence-corrected chi connectivity index (χ0v) is 13.8. The molecule has 0 saturated heterocycles. The SMILES string of the molecule is CCNC(c1cccc(C2CCC2)c1)C1(C)CCCCC1. The minimum atomic E-state index is 0.437. The van der Waals surface area contributed by atoms with Crippen molar-refractivity contribution in [1.29, 1.82) is 0 Å². The fraction of sp³-hybridized carbons (Fsp3) is 0.700. The van der Waals surface area contributed by atoms with E-state index in [4.69, 9.17) is 0 Å². The van der Waals surface area contributed by atoms with E-state index in [1.54, 1.807) is 5.56 Å². The van der Waals surface area contributed by atoms with Gasteiger partial charge in [0, 0.05) is 6.04 Å². The van der Waals surface area contributed by atoms with Gasteiger partial charge in [-0.1, -0.05) is 63.8 Å². The molecule has 2 aliphatic rings. The minimum Gasteiger partial charge on any atom is -0.310 e. The molecule has 2 fully saturated rings. The molecular weight excluding hydrogens is 254 g/mol. The molecule has 21 heavy (non-hydrogen) atoms. The highest BCUT2D eigenvalue weighted by Crippen LogP contribution is 2.46. The number of benzene rings is 1. The van der Waals surface area contributed by atoms with E-state index >= 15 is 0 Å². The van der Waals surface area contributed by atoms with Crippen molar-refractivity contribution >= 4 is 0 Å². The molecule has 0 radical (unpaired) electrons. The Labute approximate surface area is 130 Å². The van der Waals surface area contributed by atoms with Gasteiger partial charge in [0.1, 0.15) is 0 Å². The predicted molar refractivity (Wildman–Crippen MR) is 90.6 cm³/mol. The van der Waals surface area contributed by atoms with E-state index in [2.05, 4.69) is 43.4 Å². The van der Waals surface area contributed by atoms with Gasteiger partial charge in [0.2, 0.25) is 0 Å². The molecule has 1 aromatic carbocycles. The van der Waals surface area contributed by atoms with E-state index in [9.17, 15) is 0 Å². The molecule has 0 aromatic heterocycles. The fourth-order valence-electron chi connectivity index (χ4n) is 4.35. The maximum absolute atomic E-state index is 3.81. The van der Waals surface area contributed by atoms with Crippen molar-refractivity contribution < 1.29 is 0 Å². The van der Waals surface area contributed by atoms with Crippen LogP contribution in [0.5, 0.6) is 0 Å². The molecule has 0 amide bonds. The van der Waals surface area contributed by atoms with Gasteiger partial charge in [-0.25, -0.2) is 0 Å². The van der Waals surface area contributed by atoms with E-state index in [-0.39, 0.29) is 0 Å². The average molecular weight is 285 g/mol. The molecule has 3 rings (SSSR count). The van der Waals surface area contributed by atoms with E-state index in [0.717, 1.165) is 12.5 Å². The Bertz CT molecular complexity index is 455. The average Bonchev–Trinajstić information content (AvgIpc) is 2.44. The zero-order valence-electron chi connectivity index (χ0n) is 13.8. The Kier molecular flexibility index (Phi) is 4.69. The van der Waals surface area contributed by atoms with Crippen LogP contribution < -0.4 is 5.32 Å². The molecule has 116 valence electrons. The van der Waals surface area contributed by atoms with Crippen molar-refractivity contribution in [2.24, 2.45) is 5.41 Å². The Morgan fingerprint density at radius 3 is 2.52 bits per heavy atom. The highest BCUT2D eigenvalue weighted by atomic mass is 14.9. The van der Waals surface area contributed by atoms with E-state index in [0.29, 0.717) is 11.5 Å². The molecule has 1 unspecified atom stereocenters. The first-order valence-corrected chi connectivity index (χ1v) is 9.06. The summed E-state index contributed by atoms with van der Waals surface area (Å²) in [4.78, 5) is 0. The van der Waals surface area contributed by atoms with Crippen LogP contribution in [0.4, 0.5) is 0 Å². The Hall–Kier alpha value is -0.820. The van der Waals surface area contributed by atoms with Gasteiger partial charge in [-0.2, -0.15) is 0 Å². The Morgan fingerprint density at radius 2 is 1.90 bits per heavy atom. The van der Waals surface area contributed by atoms with E-state index in [1.807, 2.05) is 0 Å². The van der Waals surface area contributed by atoms with Crippen molar-refractivity contribution in [3.63, 3.8) is 0 Å². The van der Waals surface area contributed by atoms with Crippen molar-refractivity contribution in [3.8, 4) is 0 Å². The first kappa shape index (κ1) is 15.1. The highest BCUT2D eigenvalue weighted by molar-refractivity contribution is 5.31. The summed E-state index contributed by atoms with van der Waals surface area (Å²) in [5.74, 6) is 0.839. The second-order valence-corrected chi connectivity index (χ2v) is 7.50. The third-order valence-electron chi connectivity index (χ3n) is 5.92. The van der Waals surface area contributed by atoms with Crippen molar-refractivity contribution in [2.75, 3.05) is 6.54 Å². The standard InChI is InChI=1S/C20H31N/c1-3-21-19(20(2)13-5-4-6-14-20)18-12-8-11-17(15-18)16-9-7-10-16/h8,11-12,15-16,19,21H,3-7,9-10,13-14H2,1-2H3. The first-order chi connectivity index (χ1) is 10.2. The number of hydrogen-bond donors (Lipinski definition) is 1. The van der Waals surface area contributed by atoms with Crippen LogP contribution in [-0.4, -0.2) is 6.54 Å². The topological polar surface area (TPSA) is 12.0 Å². The van der Waals surface area contributed by atoms with Crippen LogP contribution in [-0.2, 0) is 0 Å². The second-order valence-electron chi connectivity index (χ2n) is 7.50. The largest absolute Gasteiger partial charge is 0.310 e.